The minimum atomic E-state index is 0.505. The maximum absolute atomic E-state index is 5.75. The summed E-state index contributed by atoms with van der Waals surface area (Å²) in [6.07, 6.45) is 4.90. The maximum Gasteiger partial charge on any atom is 0.228 e. The van der Waals surface area contributed by atoms with Crippen LogP contribution in [0.15, 0.2) is 53.6 Å². The van der Waals surface area contributed by atoms with Crippen molar-refractivity contribution in [1.82, 2.24) is 24.7 Å². The summed E-state index contributed by atoms with van der Waals surface area (Å²) in [6.45, 7) is 0. The van der Waals surface area contributed by atoms with E-state index in [0.717, 1.165) is 11.3 Å². The highest BCUT2D eigenvalue weighted by Crippen LogP contribution is 2.30. The number of benzene rings is 1. The van der Waals surface area contributed by atoms with Crippen LogP contribution in [-0.2, 0) is 0 Å². The molecule has 3 aromatic heterocycles. The van der Waals surface area contributed by atoms with Crippen LogP contribution in [0.25, 0.3) is 28.4 Å². The number of methoxy groups -OCH3 is 1. The molecule has 0 atom stereocenters. The molecule has 0 aliphatic carbocycles. The van der Waals surface area contributed by atoms with Gasteiger partial charge in [0.2, 0.25) is 5.89 Å². The molecular formula is C15H11N5O2. The Bertz CT molecular complexity index is 897. The number of oxazole rings is 1. The van der Waals surface area contributed by atoms with Crippen LogP contribution in [0, 0.1) is 0 Å². The van der Waals surface area contributed by atoms with Crippen LogP contribution in [0.1, 0.15) is 0 Å². The molecule has 4 rings (SSSR count). The second-order valence-corrected chi connectivity index (χ2v) is 4.60. The summed E-state index contributed by atoms with van der Waals surface area (Å²) in [5, 5.41) is 7.64. The molecule has 0 N–H and O–H groups in total. The van der Waals surface area contributed by atoms with Crippen molar-refractivity contribution < 1.29 is 9.15 Å². The maximum atomic E-state index is 5.75. The van der Waals surface area contributed by atoms with Gasteiger partial charge < -0.3 is 9.15 Å². The molecule has 7 heteroatoms. The smallest absolute Gasteiger partial charge is 0.228 e. The molecule has 0 saturated carbocycles. The molecule has 0 aliphatic heterocycles. The van der Waals surface area contributed by atoms with Gasteiger partial charge in [-0.3, -0.25) is 4.57 Å². The minimum absolute atomic E-state index is 0.505. The van der Waals surface area contributed by atoms with Crippen LogP contribution in [0.4, 0.5) is 0 Å². The highest BCUT2D eigenvalue weighted by molar-refractivity contribution is 5.73. The lowest BCUT2D eigenvalue weighted by Crippen LogP contribution is -1.96. The van der Waals surface area contributed by atoms with Gasteiger partial charge in [-0.2, -0.15) is 4.98 Å². The summed E-state index contributed by atoms with van der Waals surface area (Å²) in [5.41, 5.74) is 2.86. The number of aromatic nitrogens is 5. The Labute approximate surface area is 125 Å². The van der Waals surface area contributed by atoms with E-state index in [2.05, 4.69) is 20.2 Å². The highest BCUT2D eigenvalue weighted by Gasteiger charge is 2.13. The lowest BCUT2D eigenvalue weighted by molar-refractivity contribution is 0.413. The molecule has 0 aliphatic rings. The molecule has 0 spiro atoms. The van der Waals surface area contributed by atoms with E-state index in [1.54, 1.807) is 30.5 Å². The molecule has 22 heavy (non-hydrogen) atoms. The van der Waals surface area contributed by atoms with Crippen LogP contribution in [0.2, 0.25) is 0 Å². The summed E-state index contributed by atoms with van der Waals surface area (Å²) >= 11 is 0. The van der Waals surface area contributed by atoms with Crippen LogP contribution in [0.5, 0.6) is 5.75 Å². The van der Waals surface area contributed by atoms with E-state index in [9.17, 15) is 0 Å². The normalized spacial score (nSPS) is 11.0. The zero-order chi connectivity index (χ0) is 14.9. The Morgan fingerprint density at radius 2 is 2.00 bits per heavy atom. The average molecular weight is 293 g/mol. The van der Waals surface area contributed by atoms with Crippen molar-refractivity contribution in [1.29, 1.82) is 0 Å². The molecule has 4 aromatic rings. The van der Waals surface area contributed by atoms with E-state index in [4.69, 9.17) is 9.15 Å². The monoisotopic (exact) mass is 293 g/mol. The molecule has 1 aromatic carbocycles. The summed E-state index contributed by atoms with van der Waals surface area (Å²) < 4.78 is 12.9. The molecule has 0 saturated heterocycles. The third-order valence-corrected chi connectivity index (χ3v) is 3.29. The number of rotatable bonds is 3. The Morgan fingerprint density at radius 1 is 1.14 bits per heavy atom. The lowest BCUT2D eigenvalue weighted by atomic mass is 10.2. The van der Waals surface area contributed by atoms with E-state index in [-0.39, 0.29) is 0 Å². The van der Waals surface area contributed by atoms with Crippen molar-refractivity contribution in [2.24, 2.45) is 0 Å². The van der Waals surface area contributed by atoms with E-state index in [1.165, 1.54) is 0 Å². The third kappa shape index (κ3) is 1.99. The van der Waals surface area contributed by atoms with E-state index >= 15 is 0 Å². The number of ether oxygens (including phenoxy) is 1. The van der Waals surface area contributed by atoms with Gasteiger partial charge in [0.15, 0.2) is 11.2 Å². The summed E-state index contributed by atoms with van der Waals surface area (Å²) in [6, 6.07) is 9.30. The van der Waals surface area contributed by atoms with Crippen LogP contribution >= 0.6 is 0 Å². The van der Waals surface area contributed by atoms with Crippen molar-refractivity contribution in [2.75, 3.05) is 7.11 Å². The molecule has 0 amide bonds. The van der Waals surface area contributed by atoms with Crippen LogP contribution in [0.3, 0.4) is 0 Å². The van der Waals surface area contributed by atoms with Crippen molar-refractivity contribution in [2.45, 2.75) is 0 Å². The molecule has 108 valence electrons. The van der Waals surface area contributed by atoms with Gasteiger partial charge in [-0.05, 0) is 30.3 Å². The first-order valence-electron chi connectivity index (χ1n) is 6.60. The molecule has 0 fully saturated rings. The molecule has 7 nitrogen and oxygen atoms in total. The molecule has 3 heterocycles. The Balaban J connectivity index is 1.87. The average Bonchev–Trinajstić information content (AvgIpc) is 3.23. The van der Waals surface area contributed by atoms with Gasteiger partial charge >= 0.3 is 0 Å². The van der Waals surface area contributed by atoms with Gasteiger partial charge in [-0.25, -0.2) is 4.98 Å². The van der Waals surface area contributed by atoms with Gasteiger partial charge in [0, 0.05) is 11.8 Å². The number of hydrogen-bond donors (Lipinski definition) is 0. The van der Waals surface area contributed by atoms with Crippen LogP contribution in [-0.4, -0.2) is 31.8 Å². The van der Waals surface area contributed by atoms with Gasteiger partial charge in [0.05, 0.1) is 12.8 Å². The highest BCUT2D eigenvalue weighted by atomic mass is 16.5. The number of fused-ring (bicyclic) bond motifs is 1. The first kappa shape index (κ1) is 12.5. The second-order valence-electron chi connectivity index (χ2n) is 4.60. The molecule has 0 bridgehead atoms. The Hall–Kier alpha value is -3.22. The van der Waals surface area contributed by atoms with Crippen molar-refractivity contribution in [3.05, 3.63) is 49.2 Å². The zero-order valence-electron chi connectivity index (χ0n) is 11.7. The molecule has 0 unspecified atom stereocenters. The Kier molecular flexibility index (Phi) is 2.82. The lowest BCUT2D eigenvalue weighted by Gasteiger charge is -2.09. The fourth-order valence-electron chi connectivity index (χ4n) is 2.24. The van der Waals surface area contributed by atoms with Gasteiger partial charge in [0.25, 0.3) is 0 Å². The van der Waals surface area contributed by atoms with Gasteiger partial charge in [-0.1, -0.05) is 0 Å². The fourth-order valence-corrected chi connectivity index (χ4v) is 2.24. The predicted molar refractivity (Wildman–Crippen MR) is 78.7 cm³/mol. The SMILES string of the molecule is COc1ccc(-c2nc3ncccc3o2)cc1-n1cnnc1. The van der Waals surface area contributed by atoms with E-state index in [0.29, 0.717) is 22.9 Å². The topological polar surface area (TPSA) is 78.9 Å². The van der Waals surface area contributed by atoms with Gasteiger partial charge in [-0.15, -0.1) is 10.2 Å². The Morgan fingerprint density at radius 3 is 2.77 bits per heavy atom. The largest absolute Gasteiger partial charge is 0.495 e. The number of hydrogen-bond acceptors (Lipinski definition) is 6. The van der Waals surface area contributed by atoms with Crippen molar-refractivity contribution in [3.63, 3.8) is 0 Å². The fraction of sp³-hybridized carbons (Fsp3) is 0.0667. The van der Waals surface area contributed by atoms with Crippen molar-refractivity contribution >= 4 is 11.2 Å². The first-order valence-corrected chi connectivity index (χ1v) is 6.60. The second kappa shape index (κ2) is 4.96. The molecule has 0 radical (unpaired) electrons. The number of nitrogens with zero attached hydrogens (tertiary/aromatic N) is 5. The number of pyridine rings is 1. The van der Waals surface area contributed by atoms with E-state index < -0.39 is 0 Å². The standard InChI is InChI=1S/C15H11N5O2/c1-21-12-5-4-10(7-11(12)20-8-17-18-9-20)15-19-14-13(22-15)3-2-6-16-14/h2-9H,1H3. The predicted octanol–water partition coefficient (Wildman–Crippen LogP) is 2.48. The van der Waals surface area contributed by atoms with Gasteiger partial charge in [0.1, 0.15) is 18.4 Å². The van der Waals surface area contributed by atoms with E-state index in [1.807, 2.05) is 30.3 Å². The van der Waals surface area contributed by atoms with Crippen LogP contribution < -0.4 is 4.74 Å². The summed E-state index contributed by atoms with van der Waals surface area (Å²) in [5.74, 6) is 1.21. The summed E-state index contributed by atoms with van der Waals surface area (Å²) in [7, 11) is 1.62. The quantitative estimate of drug-likeness (QED) is 0.577. The minimum Gasteiger partial charge on any atom is -0.495 e. The first-order chi connectivity index (χ1) is 10.8. The van der Waals surface area contributed by atoms with Crippen molar-refractivity contribution in [3.8, 4) is 22.9 Å². The third-order valence-electron chi connectivity index (χ3n) is 3.29. The zero-order valence-corrected chi connectivity index (χ0v) is 11.7. The molecular weight excluding hydrogens is 282 g/mol. The summed E-state index contributed by atoms with van der Waals surface area (Å²) in [4.78, 5) is 8.58.